The Kier molecular flexibility index (Phi) is 6.67. The van der Waals surface area contributed by atoms with Crippen LogP contribution >= 0.6 is 0 Å². The van der Waals surface area contributed by atoms with E-state index in [9.17, 15) is 19.5 Å². The molecule has 2 aromatic rings. The summed E-state index contributed by atoms with van der Waals surface area (Å²) < 4.78 is 5.51. The van der Waals surface area contributed by atoms with Crippen LogP contribution in [-0.2, 0) is 14.3 Å². The Morgan fingerprint density at radius 2 is 1.64 bits per heavy atom. The fraction of sp³-hybridized carbons (Fsp3) is 0.423. The molecular formula is C26H30N2O5. The maximum atomic E-state index is 13.0. The minimum Gasteiger partial charge on any atom is -0.481 e. The molecule has 7 heteroatoms. The molecule has 2 amide bonds. The number of hydrogen-bond donors (Lipinski definition) is 2. The molecule has 2 aliphatic carbocycles. The second-order valence-electron chi connectivity index (χ2n) is 8.88. The predicted molar refractivity (Wildman–Crippen MR) is 124 cm³/mol. The molecule has 33 heavy (non-hydrogen) atoms. The lowest BCUT2D eigenvalue weighted by molar-refractivity contribution is -0.143. The molecule has 0 spiro atoms. The fourth-order valence-corrected chi connectivity index (χ4v) is 4.97. The zero-order valence-corrected chi connectivity index (χ0v) is 19.0. The molecule has 0 bridgehead atoms. The zero-order chi connectivity index (χ0) is 23.5. The number of carboxylic acid groups (broad SMARTS) is 1. The topological polar surface area (TPSA) is 95.9 Å². The molecule has 0 heterocycles. The summed E-state index contributed by atoms with van der Waals surface area (Å²) >= 11 is 0. The molecule has 2 unspecified atom stereocenters. The van der Waals surface area contributed by atoms with Gasteiger partial charge in [0.25, 0.3) is 0 Å². The van der Waals surface area contributed by atoms with Crippen LogP contribution in [0, 0.1) is 5.92 Å². The van der Waals surface area contributed by atoms with Crippen molar-refractivity contribution < 1.29 is 24.2 Å². The average molecular weight is 451 g/mol. The molecule has 2 atom stereocenters. The number of rotatable bonds is 9. The Morgan fingerprint density at radius 1 is 1.06 bits per heavy atom. The highest BCUT2D eigenvalue weighted by Gasteiger charge is 2.37. The highest BCUT2D eigenvalue weighted by molar-refractivity contribution is 5.89. The van der Waals surface area contributed by atoms with E-state index in [1.807, 2.05) is 43.3 Å². The summed E-state index contributed by atoms with van der Waals surface area (Å²) in [5.41, 5.74) is 4.40. The lowest BCUT2D eigenvalue weighted by Crippen LogP contribution is -2.51. The van der Waals surface area contributed by atoms with Gasteiger partial charge in [-0.3, -0.25) is 9.59 Å². The molecular weight excluding hydrogens is 420 g/mol. The number of carboxylic acids is 1. The molecule has 1 saturated carbocycles. The van der Waals surface area contributed by atoms with Crippen molar-refractivity contribution in [2.24, 2.45) is 5.92 Å². The average Bonchev–Trinajstić information content (AvgIpc) is 3.59. The van der Waals surface area contributed by atoms with Gasteiger partial charge in [0.1, 0.15) is 12.6 Å². The number of amides is 2. The first-order valence-corrected chi connectivity index (χ1v) is 11.5. The summed E-state index contributed by atoms with van der Waals surface area (Å²) in [4.78, 5) is 38.6. The third-order valence-corrected chi connectivity index (χ3v) is 6.74. The number of aliphatic carboxylic acids is 1. The second kappa shape index (κ2) is 9.65. The van der Waals surface area contributed by atoms with Crippen LogP contribution in [0.1, 0.15) is 49.7 Å². The van der Waals surface area contributed by atoms with Crippen molar-refractivity contribution >= 4 is 18.0 Å². The van der Waals surface area contributed by atoms with Gasteiger partial charge in [0.2, 0.25) is 5.91 Å². The van der Waals surface area contributed by atoms with E-state index >= 15 is 0 Å². The van der Waals surface area contributed by atoms with E-state index in [1.54, 1.807) is 11.9 Å². The lowest BCUT2D eigenvalue weighted by Gasteiger charge is -2.30. The highest BCUT2D eigenvalue weighted by Crippen LogP contribution is 2.44. The summed E-state index contributed by atoms with van der Waals surface area (Å²) in [7, 11) is 1.68. The molecule has 7 nitrogen and oxygen atoms in total. The SMILES string of the molecule is CCC(C1CC1)N(C)C(=O)C(CC(=O)O)NC(=O)OCC1c2ccccc2-c2ccccc21. The van der Waals surface area contributed by atoms with Crippen LogP contribution in [0.25, 0.3) is 11.1 Å². The quantitative estimate of drug-likeness (QED) is 0.602. The van der Waals surface area contributed by atoms with Crippen LogP contribution in [0.4, 0.5) is 4.79 Å². The summed E-state index contributed by atoms with van der Waals surface area (Å²) in [5, 5.41) is 11.8. The van der Waals surface area contributed by atoms with Gasteiger partial charge in [-0.1, -0.05) is 55.5 Å². The van der Waals surface area contributed by atoms with Gasteiger partial charge in [0.15, 0.2) is 0 Å². The largest absolute Gasteiger partial charge is 0.481 e. The van der Waals surface area contributed by atoms with E-state index in [4.69, 9.17) is 4.74 Å². The second-order valence-corrected chi connectivity index (χ2v) is 8.88. The predicted octanol–water partition coefficient (Wildman–Crippen LogP) is 4.02. The number of alkyl carbamates (subject to hydrolysis) is 1. The molecule has 4 rings (SSSR count). The highest BCUT2D eigenvalue weighted by atomic mass is 16.5. The Labute approximate surface area is 193 Å². The monoisotopic (exact) mass is 450 g/mol. The molecule has 0 radical (unpaired) electrons. The van der Waals surface area contributed by atoms with E-state index < -0.39 is 30.4 Å². The van der Waals surface area contributed by atoms with Crippen molar-refractivity contribution in [1.82, 2.24) is 10.2 Å². The minimum atomic E-state index is -1.17. The molecule has 2 aliphatic rings. The first-order valence-electron chi connectivity index (χ1n) is 11.5. The number of hydrogen-bond acceptors (Lipinski definition) is 4. The van der Waals surface area contributed by atoms with Gasteiger partial charge in [-0.05, 0) is 47.4 Å². The molecule has 174 valence electrons. The molecule has 0 aromatic heterocycles. The van der Waals surface area contributed by atoms with E-state index in [2.05, 4.69) is 17.4 Å². The molecule has 2 aromatic carbocycles. The Morgan fingerprint density at radius 3 is 2.15 bits per heavy atom. The van der Waals surface area contributed by atoms with E-state index in [1.165, 1.54) is 0 Å². The number of carbonyl (C=O) groups excluding carboxylic acids is 2. The van der Waals surface area contributed by atoms with E-state index in [0.29, 0.717) is 5.92 Å². The van der Waals surface area contributed by atoms with Crippen molar-refractivity contribution in [3.05, 3.63) is 59.7 Å². The lowest BCUT2D eigenvalue weighted by atomic mass is 9.98. The third-order valence-electron chi connectivity index (χ3n) is 6.74. The summed E-state index contributed by atoms with van der Waals surface area (Å²) in [5.74, 6) is -1.22. The van der Waals surface area contributed by atoms with Gasteiger partial charge >= 0.3 is 12.1 Å². The number of likely N-dealkylation sites (N-methyl/N-ethyl adjacent to an activating group) is 1. The Hall–Kier alpha value is -3.35. The van der Waals surface area contributed by atoms with Gasteiger partial charge in [0.05, 0.1) is 6.42 Å². The van der Waals surface area contributed by atoms with E-state index in [0.717, 1.165) is 41.5 Å². The van der Waals surface area contributed by atoms with Gasteiger partial charge in [-0.15, -0.1) is 0 Å². The van der Waals surface area contributed by atoms with Gasteiger partial charge < -0.3 is 20.1 Å². The van der Waals surface area contributed by atoms with Gasteiger partial charge in [0, 0.05) is 19.0 Å². The Bertz CT molecular complexity index is 1000. The molecule has 2 N–H and O–H groups in total. The van der Waals surface area contributed by atoms with Crippen LogP contribution < -0.4 is 5.32 Å². The number of fused-ring (bicyclic) bond motifs is 3. The minimum absolute atomic E-state index is 0.0538. The van der Waals surface area contributed by atoms with Crippen molar-refractivity contribution in [1.29, 1.82) is 0 Å². The number of benzene rings is 2. The smallest absolute Gasteiger partial charge is 0.407 e. The van der Waals surface area contributed by atoms with Crippen LogP contribution in [-0.4, -0.2) is 53.7 Å². The fourth-order valence-electron chi connectivity index (χ4n) is 4.97. The summed E-state index contributed by atoms with van der Waals surface area (Å²) in [6.45, 7) is 2.11. The number of nitrogens with one attached hydrogen (secondary N) is 1. The van der Waals surface area contributed by atoms with Crippen LogP contribution in [0.3, 0.4) is 0 Å². The van der Waals surface area contributed by atoms with E-state index in [-0.39, 0.29) is 18.6 Å². The van der Waals surface area contributed by atoms with Gasteiger partial charge in [-0.2, -0.15) is 0 Å². The maximum Gasteiger partial charge on any atom is 0.407 e. The first kappa shape index (κ1) is 22.8. The number of carbonyl (C=O) groups is 3. The Balaban J connectivity index is 1.43. The number of ether oxygens (including phenoxy) is 1. The molecule has 0 saturated heterocycles. The first-order chi connectivity index (χ1) is 15.9. The summed E-state index contributed by atoms with van der Waals surface area (Å²) in [6, 6.07) is 14.9. The standard InChI is InChI=1S/C26H30N2O5/c1-3-23(16-12-13-16)28(2)25(31)22(14-24(29)30)27-26(32)33-15-21-19-10-6-4-8-17(19)18-9-5-7-11-20(18)21/h4-11,16,21-23H,3,12-15H2,1-2H3,(H,27,32)(H,29,30). The van der Waals surface area contributed by atoms with Crippen LogP contribution in [0.5, 0.6) is 0 Å². The molecule has 0 aliphatic heterocycles. The number of nitrogens with zero attached hydrogens (tertiary/aromatic N) is 1. The molecule has 1 fully saturated rings. The van der Waals surface area contributed by atoms with Crippen molar-refractivity contribution in [3.8, 4) is 11.1 Å². The van der Waals surface area contributed by atoms with Crippen LogP contribution in [0.15, 0.2) is 48.5 Å². The van der Waals surface area contributed by atoms with Crippen molar-refractivity contribution in [3.63, 3.8) is 0 Å². The third kappa shape index (κ3) is 4.87. The van der Waals surface area contributed by atoms with Crippen LogP contribution in [0.2, 0.25) is 0 Å². The normalized spacial score (nSPS) is 16.3. The zero-order valence-electron chi connectivity index (χ0n) is 19.0. The van der Waals surface area contributed by atoms with Crippen molar-refractivity contribution in [2.45, 2.75) is 50.6 Å². The maximum absolute atomic E-state index is 13.0. The van der Waals surface area contributed by atoms with Crippen molar-refractivity contribution in [2.75, 3.05) is 13.7 Å². The summed E-state index contributed by atoms with van der Waals surface area (Å²) in [6.07, 6.45) is 1.65. The van der Waals surface area contributed by atoms with Gasteiger partial charge in [-0.25, -0.2) is 4.79 Å².